The number of halogens is 1. The Morgan fingerprint density at radius 3 is 2.66 bits per heavy atom. The van der Waals surface area contributed by atoms with Crippen LogP contribution in [0.3, 0.4) is 0 Å². The number of benzene rings is 3. The molecule has 6 nitrogen and oxygen atoms in total. The van der Waals surface area contributed by atoms with Crippen LogP contribution in [0.25, 0.3) is 10.9 Å². The maximum absolute atomic E-state index is 13.1. The van der Waals surface area contributed by atoms with Crippen molar-refractivity contribution >= 4 is 28.7 Å². The summed E-state index contributed by atoms with van der Waals surface area (Å²) in [4.78, 5) is 17.9. The molecule has 7 heteroatoms. The fourth-order valence-corrected chi connectivity index (χ4v) is 3.35. The third-order valence-corrected chi connectivity index (χ3v) is 4.89. The number of para-hydroxylation sites is 1. The van der Waals surface area contributed by atoms with Gasteiger partial charge in [0, 0.05) is 33.9 Å². The number of carbonyl (C=O) groups is 1. The Morgan fingerprint density at radius 2 is 1.84 bits per heavy atom. The van der Waals surface area contributed by atoms with Gasteiger partial charge < -0.3 is 14.7 Å². The summed E-state index contributed by atoms with van der Waals surface area (Å²) in [7, 11) is 0. The van der Waals surface area contributed by atoms with Gasteiger partial charge in [-0.1, -0.05) is 41.6 Å². The summed E-state index contributed by atoms with van der Waals surface area (Å²) >= 11 is 0. The number of hydrogen-bond donors (Lipinski definition) is 1. The van der Waals surface area contributed by atoms with Crippen LogP contribution in [-0.4, -0.2) is 16.7 Å². The lowest BCUT2D eigenvalue weighted by Crippen LogP contribution is -2.18. The van der Waals surface area contributed by atoms with Crippen molar-refractivity contribution in [3.63, 3.8) is 0 Å². The number of carbonyl (C=O) groups excluding carboxylic acids is 1. The molecule has 0 bridgehead atoms. The van der Waals surface area contributed by atoms with E-state index in [0.29, 0.717) is 11.3 Å². The van der Waals surface area contributed by atoms with Crippen molar-refractivity contribution in [2.45, 2.75) is 13.2 Å². The van der Waals surface area contributed by atoms with Crippen LogP contribution in [0.15, 0.2) is 84.1 Å². The summed E-state index contributed by atoms with van der Waals surface area (Å²) in [5.41, 5.74) is 3.50. The summed E-state index contributed by atoms with van der Waals surface area (Å²) in [6.45, 7) is 0.265. The van der Waals surface area contributed by atoms with Crippen LogP contribution in [0.5, 0.6) is 0 Å². The van der Waals surface area contributed by atoms with Crippen molar-refractivity contribution in [2.75, 3.05) is 5.32 Å². The molecule has 0 aliphatic heterocycles. The normalized spacial score (nSPS) is 10.9. The third kappa shape index (κ3) is 4.82. The number of oxime groups is 1. The molecule has 0 aliphatic rings. The van der Waals surface area contributed by atoms with Gasteiger partial charge in [0.2, 0.25) is 5.91 Å². The van der Waals surface area contributed by atoms with Gasteiger partial charge in [-0.3, -0.25) is 4.79 Å². The van der Waals surface area contributed by atoms with Crippen LogP contribution in [0.1, 0.15) is 16.7 Å². The maximum atomic E-state index is 13.1. The van der Waals surface area contributed by atoms with E-state index in [1.165, 1.54) is 24.3 Å². The number of anilines is 1. The van der Waals surface area contributed by atoms with Crippen LogP contribution in [-0.2, 0) is 22.8 Å². The number of fused-ring (bicyclic) bond motifs is 1. The predicted octanol–water partition coefficient (Wildman–Crippen LogP) is 4.84. The van der Waals surface area contributed by atoms with Gasteiger partial charge in [-0.05, 0) is 36.4 Å². The minimum Gasteiger partial charge on any atom is -0.391 e. The van der Waals surface area contributed by atoms with Crippen molar-refractivity contribution in [3.05, 3.63) is 102 Å². The third-order valence-electron chi connectivity index (χ3n) is 4.89. The fourth-order valence-electron chi connectivity index (χ4n) is 3.35. The highest BCUT2D eigenvalue weighted by Gasteiger charge is 2.10. The van der Waals surface area contributed by atoms with E-state index in [-0.39, 0.29) is 24.9 Å². The molecule has 3 aromatic carbocycles. The number of hydrogen-bond acceptors (Lipinski definition) is 4. The molecular weight excluding hydrogens is 407 g/mol. The van der Waals surface area contributed by atoms with Crippen molar-refractivity contribution in [3.8, 4) is 6.07 Å². The zero-order chi connectivity index (χ0) is 22.3. The zero-order valence-corrected chi connectivity index (χ0v) is 17.0. The van der Waals surface area contributed by atoms with Gasteiger partial charge in [0.15, 0.2) is 0 Å². The Hall–Kier alpha value is -4.44. The van der Waals surface area contributed by atoms with E-state index in [0.717, 1.165) is 22.0 Å². The Labute approximate surface area is 184 Å². The first-order chi connectivity index (χ1) is 15.6. The smallest absolute Gasteiger partial charge is 0.244 e. The van der Waals surface area contributed by atoms with E-state index in [2.05, 4.69) is 16.5 Å². The standard InChI is InChI=1S/C25H19FN4O2/c26-21-9-11-22(12-10-21)29-25(31)16-30-15-20(23-7-3-4-8-24(23)30)14-28-32-17-19-6-2-1-5-18(19)13-27/h1-12,14-15H,16-17H2,(H,29,31)/b28-14-. The van der Waals surface area contributed by atoms with Gasteiger partial charge >= 0.3 is 0 Å². The van der Waals surface area contributed by atoms with E-state index in [9.17, 15) is 9.18 Å². The summed E-state index contributed by atoms with van der Waals surface area (Å²) < 4.78 is 14.9. The number of nitrogens with one attached hydrogen (secondary N) is 1. The summed E-state index contributed by atoms with van der Waals surface area (Å²) in [6.07, 6.45) is 3.41. The average molecular weight is 426 g/mol. The predicted molar refractivity (Wildman–Crippen MR) is 121 cm³/mol. The fraction of sp³-hybridized carbons (Fsp3) is 0.0800. The number of aromatic nitrogens is 1. The molecule has 4 rings (SSSR count). The van der Waals surface area contributed by atoms with Crippen LogP contribution in [0.4, 0.5) is 10.1 Å². The molecule has 1 aromatic heterocycles. The average Bonchev–Trinajstić information content (AvgIpc) is 3.16. The Balaban J connectivity index is 1.47. The van der Waals surface area contributed by atoms with Gasteiger partial charge in [0.25, 0.3) is 0 Å². The molecule has 158 valence electrons. The van der Waals surface area contributed by atoms with Crippen LogP contribution in [0, 0.1) is 17.1 Å². The Kier molecular flexibility index (Phi) is 6.23. The van der Waals surface area contributed by atoms with Gasteiger partial charge in [-0.25, -0.2) is 4.39 Å². The van der Waals surface area contributed by atoms with E-state index in [4.69, 9.17) is 10.1 Å². The van der Waals surface area contributed by atoms with E-state index < -0.39 is 0 Å². The Morgan fingerprint density at radius 1 is 1.09 bits per heavy atom. The van der Waals surface area contributed by atoms with Gasteiger partial charge in [-0.15, -0.1) is 0 Å². The quantitative estimate of drug-likeness (QED) is 0.339. The molecule has 4 aromatic rings. The highest BCUT2D eigenvalue weighted by atomic mass is 19.1. The second-order valence-corrected chi connectivity index (χ2v) is 7.06. The second-order valence-electron chi connectivity index (χ2n) is 7.06. The molecular formula is C25H19FN4O2. The number of nitrogens with zero attached hydrogens (tertiary/aromatic N) is 3. The molecule has 0 spiro atoms. The molecule has 1 N–H and O–H groups in total. The summed E-state index contributed by atoms with van der Waals surface area (Å²) in [6, 6.07) is 22.6. The summed E-state index contributed by atoms with van der Waals surface area (Å²) in [5.74, 6) is -0.591. The highest BCUT2D eigenvalue weighted by Crippen LogP contribution is 2.20. The number of amides is 1. The SMILES string of the molecule is N#Cc1ccccc1CO/N=C\c1cn(CC(=O)Nc2ccc(F)cc2)c2ccccc12. The number of rotatable bonds is 7. The highest BCUT2D eigenvalue weighted by molar-refractivity contribution is 6.00. The van der Waals surface area contributed by atoms with Crippen molar-refractivity contribution < 1.29 is 14.0 Å². The van der Waals surface area contributed by atoms with Gasteiger partial charge in [0.1, 0.15) is 19.0 Å². The van der Waals surface area contributed by atoms with Crippen LogP contribution >= 0.6 is 0 Å². The molecule has 0 unspecified atom stereocenters. The maximum Gasteiger partial charge on any atom is 0.244 e. The molecule has 0 aliphatic carbocycles. The van der Waals surface area contributed by atoms with E-state index in [1.807, 2.05) is 47.2 Å². The molecule has 0 saturated heterocycles. The molecule has 1 heterocycles. The first-order valence-corrected chi connectivity index (χ1v) is 9.90. The van der Waals surface area contributed by atoms with Crippen LogP contribution in [0.2, 0.25) is 0 Å². The van der Waals surface area contributed by atoms with Crippen molar-refractivity contribution in [2.24, 2.45) is 5.16 Å². The van der Waals surface area contributed by atoms with Crippen LogP contribution < -0.4 is 5.32 Å². The minimum atomic E-state index is -0.360. The summed E-state index contributed by atoms with van der Waals surface area (Å²) in [5, 5.41) is 16.9. The zero-order valence-electron chi connectivity index (χ0n) is 17.0. The lowest BCUT2D eigenvalue weighted by Gasteiger charge is -2.07. The first-order valence-electron chi connectivity index (χ1n) is 9.90. The first kappa shape index (κ1) is 20.8. The second kappa shape index (κ2) is 9.58. The monoisotopic (exact) mass is 426 g/mol. The topological polar surface area (TPSA) is 79.4 Å². The lowest BCUT2D eigenvalue weighted by molar-refractivity contribution is -0.116. The molecule has 0 fully saturated rings. The lowest BCUT2D eigenvalue weighted by atomic mass is 10.1. The molecule has 0 atom stereocenters. The Bertz CT molecular complexity index is 1320. The number of nitriles is 1. The molecule has 1 amide bonds. The molecule has 0 saturated carbocycles. The largest absolute Gasteiger partial charge is 0.391 e. The van der Waals surface area contributed by atoms with Crippen molar-refractivity contribution in [1.82, 2.24) is 4.57 Å². The van der Waals surface area contributed by atoms with Gasteiger partial charge in [-0.2, -0.15) is 5.26 Å². The molecule has 32 heavy (non-hydrogen) atoms. The van der Waals surface area contributed by atoms with Crippen molar-refractivity contribution in [1.29, 1.82) is 5.26 Å². The van der Waals surface area contributed by atoms with E-state index >= 15 is 0 Å². The molecule has 0 radical (unpaired) electrons. The van der Waals surface area contributed by atoms with E-state index in [1.54, 1.807) is 18.3 Å². The minimum absolute atomic E-state index is 0.0854. The van der Waals surface area contributed by atoms with Gasteiger partial charge in [0.05, 0.1) is 17.8 Å².